The summed E-state index contributed by atoms with van der Waals surface area (Å²) >= 11 is 0. The first-order chi connectivity index (χ1) is 11.4. The molecule has 3 N–H and O–H groups in total. The Labute approximate surface area is 155 Å². The predicted molar refractivity (Wildman–Crippen MR) is 113 cm³/mol. The minimum absolute atomic E-state index is 0.167. The van der Waals surface area contributed by atoms with E-state index in [0.717, 1.165) is 20.2 Å². The number of aliphatic hydroxyl groups excluding tert-OH is 2. The van der Waals surface area contributed by atoms with Crippen molar-refractivity contribution in [2.24, 2.45) is 0 Å². The molecular weight excluding hydrogens is 300 g/mol. The van der Waals surface area contributed by atoms with Gasteiger partial charge in [0.05, 0.1) is 0 Å². The lowest BCUT2D eigenvalue weighted by atomic mass is 10.2. The standard InChI is InChI=1S/C6H15N.C6H14.C4H11N.C3H8O.CH4O/c1-4-7(5-2)6-3;1-3-5-6-4-2;1-3-5-4-2;1-3(2)4;1-2/h4-6H2,1-3H3;3-6H2,1-2H3;5H,3-4H2,1-2H3;3-4H,1-2H3;2H,1H3. The van der Waals surface area contributed by atoms with Gasteiger partial charge in [0, 0.05) is 13.2 Å². The number of hydrogen-bond acceptors (Lipinski definition) is 4. The van der Waals surface area contributed by atoms with Crippen LogP contribution in [0.3, 0.4) is 0 Å². The molecule has 0 aromatic rings. The summed E-state index contributed by atoms with van der Waals surface area (Å²) < 4.78 is 0. The van der Waals surface area contributed by atoms with Crippen LogP contribution in [0.15, 0.2) is 0 Å². The highest BCUT2D eigenvalue weighted by Gasteiger charge is 1.89. The van der Waals surface area contributed by atoms with E-state index in [1.165, 1.54) is 45.3 Å². The average molecular weight is 353 g/mol. The number of unbranched alkanes of at least 4 members (excludes halogenated alkanes) is 3. The van der Waals surface area contributed by atoms with Crippen LogP contribution in [-0.4, -0.2) is 61.1 Å². The number of aliphatic hydroxyl groups is 2. The Bertz CT molecular complexity index is 127. The SMILES string of the molecule is CC(C)O.CCCCCC.CCN(CC)CC.CCNCC.CO. The number of nitrogens with zero attached hydrogens (tertiary/aromatic N) is 1. The van der Waals surface area contributed by atoms with Crippen molar-refractivity contribution in [3.63, 3.8) is 0 Å². The molecule has 0 atom stereocenters. The molecule has 0 aliphatic heterocycles. The summed E-state index contributed by atoms with van der Waals surface area (Å²) in [5.41, 5.74) is 0. The molecule has 0 radical (unpaired) electrons. The molecule has 0 spiro atoms. The van der Waals surface area contributed by atoms with Crippen LogP contribution in [0.4, 0.5) is 0 Å². The third-order valence-electron chi connectivity index (χ3n) is 2.80. The lowest BCUT2D eigenvalue weighted by Crippen LogP contribution is -2.21. The van der Waals surface area contributed by atoms with E-state index in [9.17, 15) is 0 Å². The summed E-state index contributed by atoms with van der Waals surface area (Å²) in [7, 11) is 1.00. The highest BCUT2D eigenvalue weighted by molar-refractivity contribution is 4.43. The van der Waals surface area contributed by atoms with Gasteiger partial charge < -0.3 is 20.4 Å². The minimum Gasteiger partial charge on any atom is -0.400 e. The molecular formula is C20H52N2O2. The van der Waals surface area contributed by atoms with Crippen molar-refractivity contribution in [1.29, 1.82) is 0 Å². The van der Waals surface area contributed by atoms with Crippen LogP contribution in [0.25, 0.3) is 0 Å². The fourth-order valence-electron chi connectivity index (χ4n) is 1.42. The zero-order valence-corrected chi connectivity index (χ0v) is 18.8. The Hall–Kier alpha value is -0.160. The molecule has 0 bridgehead atoms. The van der Waals surface area contributed by atoms with Crippen LogP contribution in [-0.2, 0) is 0 Å². The first-order valence-corrected chi connectivity index (χ1v) is 9.97. The summed E-state index contributed by atoms with van der Waals surface area (Å²) in [6, 6.07) is 0. The van der Waals surface area contributed by atoms with Crippen LogP contribution < -0.4 is 5.32 Å². The van der Waals surface area contributed by atoms with Gasteiger partial charge in [-0.15, -0.1) is 0 Å². The third kappa shape index (κ3) is 80.7. The Morgan fingerprint density at radius 1 is 0.708 bits per heavy atom. The van der Waals surface area contributed by atoms with Crippen molar-refractivity contribution in [3.05, 3.63) is 0 Å². The highest BCUT2D eigenvalue weighted by Crippen LogP contribution is 1.95. The fourth-order valence-corrected chi connectivity index (χ4v) is 1.42. The molecule has 0 unspecified atom stereocenters. The first-order valence-electron chi connectivity index (χ1n) is 9.97. The molecule has 0 amide bonds. The van der Waals surface area contributed by atoms with Gasteiger partial charge in [-0.3, -0.25) is 0 Å². The van der Waals surface area contributed by atoms with Crippen molar-refractivity contribution < 1.29 is 10.2 Å². The van der Waals surface area contributed by atoms with Gasteiger partial charge in [0.15, 0.2) is 0 Å². The molecule has 0 saturated heterocycles. The van der Waals surface area contributed by atoms with Gasteiger partial charge in [0.2, 0.25) is 0 Å². The number of rotatable bonds is 8. The normalized spacial score (nSPS) is 8.75. The van der Waals surface area contributed by atoms with Crippen LogP contribution in [0.5, 0.6) is 0 Å². The van der Waals surface area contributed by atoms with E-state index in [1.54, 1.807) is 13.8 Å². The predicted octanol–water partition coefficient (Wildman–Crippen LogP) is 4.55. The maximum atomic E-state index is 8.06. The van der Waals surface area contributed by atoms with Crippen LogP contribution >= 0.6 is 0 Å². The molecule has 0 fully saturated rings. The maximum absolute atomic E-state index is 8.06. The van der Waals surface area contributed by atoms with E-state index in [0.29, 0.717) is 0 Å². The van der Waals surface area contributed by atoms with E-state index in [1.807, 2.05) is 0 Å². The molecule has 0 aliphatic carbocycles. The van der Waals surface area contributed by atoms with Crippen LogP contribution in [0, 0.1) is 0 Å². The topological polar surface area (TPSA) is 55.7 Å². The van der Waals surface area contributed by atoms with Gasteiger partial charge in [-0.1, -0.05) is 74.1 Å². The van der Waals surface area contributed by atoms with Gasteiger partial charge in [0.25, 0.3) is 0 Å². The maximum Gasteiger partial charge on any atom is 0.0483 e. The molecule has 154 valence electrons. The second-order valence-corrected chi connectivity index (χ2v) is 5.38. The molecule has 24 heavy (non-hydrogen) atoms. The molecule has 0 aliphatic rings. The summed E-state index contributed by atoms with van der Waals surface area (Å²) in [5, 5.41) is 18.2. The molecule has 0 saturated carbocycles. The van der Waals surface area contributed by atoms with Crippen molar-refractivity contribution in [1.82, 2.24) is 10.2 Å². The third-order valence-corrected chi connectivity index (χ3v) is 2.80. The molecule has 0 aromatic heterocycles. The van der Waals surface area contributed by atoms with Crippen LogP contribution in [0.1, 0.15) is 88.0 Å². The Kier molecular flexibility index (Phi) is 63.4. The van der Waals surface area contributed by atoms with Gasteiger partial charge in [-0.2, -0.15) is 0 Å². The lowest BCUT2D eigenvalue weighted by molar-refractivity contribution is 0.216. The zero-order valence-electron chi connectivity index (χ0n) is 18.8. The first kappa shape index (κ1) is 35.0. The van der Waals surface area contributed by atoms with Crippen molar-refractivity contribution in [2.75, 3.05) is 39.8 Å². The quantitative estimate of drug-likeness (QED) is 0.561. The van der Waals surface area contributed by atoms with Gasteiger partial charge in [-0.05, 0) is 46.6 Å². The lowest BCUT2D eigenvalue weighted by Gasteiger charge is -2.13. The van der Waals surface area contributed by atoms with E-state index < -0.39 is 0 Å². The Morgan fingerprint density at radius 3 is 1.00 bits per heavy atom. The average Bonchev–Trinajstić information content (AvgIpc) is 2.58. The highest BCUT2D eigenvalue weighted by atomic mass is 16.3. The molecule has 0 aromatic carbocycles. The van der Waals surface area contributed by atoms with E-state index in [-0.39, 0.29) is 6.10 Å². The van der Waals surface area contributed by atoms with Gasteiger partial charge in [-0.25, -0.2) is 0 Å². The van der Waals surface area contributed by atoms with Crippen molar-refractivity contribution in [2.45, 2.75) is 94.1 Å². The second-order valence-electron chi connectivity index (χ2n) is 5.38. The number of nitrogens with one attached hydrogen (secondary N) is 1. The molecule has 0 heterocycles. The van der Waals surface area contributed by atoms with E-state index >= 15 is 0 Å². The summed E-state index contributed by atoms with van der Waals surface area (Å²) in [6.07, 6.45) is 5.37. The van der Waals surface area contributed by atoms with E-state index in [2.05, 4.69) is 58.7 Å². The Morgan fingerprint density at radius 2 is 0.958 bits per heavy atom. The van der Waals surface area contributed by atoms with Crippen molar-refractivity contribution in [3.8, 4) is 0 Å². The van der Waals surface area contributed by atoms with Gasteiger partial charge >= 0.3 is 0 Å². The summed E-state index contributed by atoms with van der Waals surface area (Å²) in [5.74, 6) is 0. The molecule has 0 rings (SSSR count). The summed E-state index contributed by atoms with van der Waals surface area (Å²) in [6.45, 7) is 24.4. The van der Waals surface area contributed by atoms with Crippen molar-refractivity contribution >= 4 is 0 Å². The molecule has 4 nitrogen and oxygen atoms in total. The smallest absolute Gasteiger partial charge is 0.0483 e. The van der Waals surface area contributed by atoms with E-state index in [4.69, 9.17) is 10.2 Å². The summed E-state index contributed by atoms with van der Waals surface area (Å²) in [4.78, 5) is 2.38. The Balaban J connectivity index is -0.0000000657. The minimum atomic E-state index is -0.167. The largest absolute Gasteiger partial charge is 0.400 e. The number of hydrogen-bond donors (Lipinski definition) is 3. The van der Waals surface area contributed by atoms with Crippen LogP contribution in [0.2, 0.25) is 0 Å². The second kappa shape index (κ2) is 43.4. The zero-order chi connectivity index (χ0) is 20.2. The fraction of sp³-hybridized carbons (Fsp3) is 1.00. The van der Waals surface area contributed by atoms with Gasteiger partial charge in [0.1, 0.15) is 0 Å². The molecule has 4 heteroatoms. The monoisotopic (exact) mass is 352 g/mol.